The zero-order valence-corrected chi connectivity index (χ0v) is 10.5. The molecule has 0 aliphatic carbocycles. The SMILES string of the molecule is COc1cccc(-c2c[c]c(I)cc2)c1. The van der Waals surface area contributed by atoms with E-state index in [4.69, 9.17) is 4.74 Å². The lowest BCUT2D eigenvalue weighted by Gasteiger charge is -2.04. The normalized spacial score (nSPS) is 10.0. The molecule has 0 spiro atoms. The van der Waals surface area contributed by atoms with Gasteiger partial charge in [-0.3, -0.25) is 0 Å². The summed E-state index contributed by atoms with van der Waals surface area (Å²) in [6.45, 7) is 0. The predicted octanol–water partition coefficient (Wildman–Crippen LogP) is 3.77. The number of methoxy groups -OCH3 is 1. The van der Waals surface area contributed by atoms with E-state index in [2.05, 4.69) is 46.9 Å². The first-order valence-electron chi connectivity index (χ1n) is 4.61. The Kier molecular flexibility index (Phi) is 3.26. The van der Waals surface area contributed by atoms with Crippen LogP contribution in [0.5, 0.6) is 5.75 Å². The zero-order valence-electron chi connectivity index (χ0n) is 8.33. The topological polar surface area (TPSA) is 9.23 Å². The molecule has 75 valence electrons. The standard InChI is InChI=1S/C13H10IO/c1-15-13-4-2-3-11(9-13)10-5-7-12(14)8-6-10/h2-7,9H,1H3. The van der Waals surface area contributed by atoms with Gasteiger partial charge in [0.15, 0.2) is 0 Å². The summed E-state index contributed by atoms with van der Waals surface area (Å²) in [6, 6.07) is 17.3. The summed E-state index contributed by atoms with van der Waals surface area (Å²) in [7, 11) is 1.68. The molecule has 0 fully saturated rings. The molecular formula is C13H10IO. The molecule has 0 aromatic heterocycles. The van der Waals surface area contributed by atoms with Crippen LogP contribution in [0.15, 0.2) is 42.5 Å². The quantitative estimate of drug-likeness (QED) is 0.767. The Morgan fingerprint density at radius 1 is 1.13 bits per heavy atom. The third-order valence-corrected chi connectivity index (χ3v) is 2.85. The summed E-state index contributed by atoms with van der Waals surface area (Å²) in [6.07, 6.45) is 0. The molecule has 0 saturated carbocycles. The van der Waals surface area contributed by atoms with Crippen molar-refractivity contribution in [2.24, 2.45) is 0 Å². The van der Waals surface area contributed by atoms with Gasteiger partial charge >= 0.3 is 0 Å². The van der Waals surface area contributed by atoms with Gasteiger partial charge in [0.2, 0.25) is 0 Å². The van der Waals surface area contributed by atoms with Crippen molar-refractivity contribution in [3.63, 3.8) is 0 Å². The van der Waals surface area contributed by atoms with Gasteiger partial charge in [0.25, 0.3) is 0 Å². The highest BCUT2D eigenvalue weighted by Gasteiger charge is 1.98. The van der Waals surface area contributed by atoms with Crippen molar-refractivity contribution in [3.05, 3.63) is 52.1 Å². The lowest BCUT2D eigenvalue weighted by atomic mass is 10.1. The molecule has 0 aliphatic heterocycles. The number of halogens is 1. The second-order valence-corrected chi connectivity index (χ2v) is 4.32. The summed E-state index contributed by atoms with van der Waals surface area (Å²) < 4.78 is 6.31. The number of hydrogen-bond donors (Lipinski definition) is 0. The monoisotopic (exact) mass is 309 g/mol. The summed E-state index contributed by atoms with van der Waals surface area (Å²) in [5, 5.41) is 0. The van der Waals surface area contributed by atoms with E-state index in [1.54, 1.807) is 7.11 Å². The van der Waals surface area contributed by atoms with E-state index in [-0.39, 0.29) is 0 Å². The van der Waals surface area contributed by atoms with Crippen LogP contribution in [0, 0.1) is 9.64 Å². The maximum atomic E-state index is 5.19. The average Bonchev–Trinajstić information content (AvgIpc) is 2.30. The predicted molar refractivity (Wildman–Crippen MR) is 70.0 cm³/mol. The van der Waals surface area contributed by atoms with Crippen LogP contribution < -0.4 is 4.74 Å². The van der Waals surface area contributed by atoms with Crippen molar-refractivity contribution in [2.75, 3.05) is 7.11 Å². The van der Waals surface area contributed by atoms with Crippen molar-refractivity contribution in [2.45, 2.75) is 0 Å². The second kappa shape index (κ2) is 4.66. The maximum Gasteiger partial charge on any atom is 0.119 e. The summed E-state index contributed by atoms with van der Waals surface area (Å²) in [5.74, 6) is 0.881. The van der Waals surface area contributed by atoms with Gasteiger partial charge < -0.3 is 4.74 Å². The summed E-state index contributed by atoms with van der Waals surface area (Å²) in [5.41, 5.74) is 2.32. The number of benzene rings is 2. The van der Waals surface area contributed by atoms with Crippen LogP contribution in [-0.2, 0) is 0 Å². The first-order chi connectivity index (χ1) is 7.29. The van der Waals surface area contributed by atoms with Gasteiger partial charge in [-0.15, -0.1) is 0 Å². The molecule has 15 heavy (non-hydrogen) atoms. The second-order valence-electron chi connectivity index (χ2n) is 3.16. The number of rotatable bonds is 2. The molecule has 1 nitrogen and oxygen atoms in total. The minimum Gasteiger partial charge on any atom is -0.497 e. The minimum atomic E-state index is 0.881. The Hall–Kier alpha value is -1.03. The zero-order chi connectivity index (χ0) is 10.7. The van der Waals surface area contributed by atoms with Crippen LogP contribution in [-0.4, -0.2) is 7.11 Å². The maximum absolute atomic E-state index is 5.19. The van der Waals surface area contributed by atoms with Gasteiger partial charge in [0.05, 0.1) is 7.11 Å². The molecular weight excluding hydrogens is 299 g/mol. The highest BCUT2D eigenvalue weighted by Crippen LogP contribution is 2.23. The fourth-order valence-electron chi connectivity index (χ4n) is 1.39. The largest absolute Gasteiger partial charge is 0.497 e. The molecule has 2 aromatic rings. The molecule has 0 unspecified atom stereocenters. The molecule has 0 aliphatic rings. The number of hydrogen-bond acceptors (Lipinski definition) is 1. The first-order valence-corrected chi connectivity index (χ1v) is 5.69. The molecule has 1 radical (unpaired) electrons. The average molecular weight is 309 g/mol. The van der Waals surface area contributed by atoms with Crippen molar-refractivity contribution in [3.8, 4) is 16.9 Å². The minimum absolute atomic E-state index is 0.881. The Balaban J connectivity index is 2.40. The lowest BCUT2D eigenvalue weighted by molar-refractivity contribution is 0.415. The Morgan fingerprint density at radius 2 is 2.00 bits per heavy atom. The third-order valence-electron chi connectivity index (χ3n) is 2.18. The molecule has 0 heterocycles. The van der Waals surface area contributed by atoms with Crippen LogP contribution in [0.25, 0.3) is 11.1 Å². The molecule has 0 bridgehead atoms. The molecule has 2 heteroatoms. The van der Waals surface area contributed by atoms with Gasteiger partial charge in [0.1, 0.15) is 5.75 Å². The van der Waals surface area contributed by atoms with Crippen LogP contribution in [0.4, 0.5) is 0 Å². The van der Waals surface area contributed by atoms with Crippen LogP contribution in [0.2, 0.25) is 0 Å². The highest BCUT2D eigenvalue weighted by molar-refractivity contribution is 14.1. The van der Waals surface area contributed by atoms with Gasteiger partial charge in [-0.05, 0) is 64.0 Å². The first kappa shape index (κ1) is 10.5. The van der Waals surface area contributed by atoms with E-state index in [9.17, 15) is 0 Å². The van der Waals surface area contributed by atoms with E-state index in [0.29, 0.717) is 0 Å². The van der Waals surface area contributed by atoms with E-state index in [1.165, 1.54) is 0 Å². The molecule has 2 rings (SSSR count). The van der Waals surface area contributed by atoms with E-state index in [0.717, 1.165) is 20.4 Å². The van der Waals surface area contributed by atoms with Crippen molar-refractivity contribution in [1.82, 2.24) is 0 Å². The molecule has 0 saturated heterocycles. The summed E-state index contributed by atoms with van der Waals surface area (Å²) >= 11 is 2.25. The van der Waals surface area contributed by atoms with E-state index >= 15 is 0 Å². The Morgan fingerprint density at radius 3 is 2.67 bits per heavy atom. The van der Waals surface area contributed by atoms with E-state index < -0.39 is 0 Å². The lowest BCUT2D eigenvalue weighted by Crippen LogP contribution is -1.83. The van der Waals surface area contributed by atoms with Crippen LogP contribution in [0.3, 0.4) is 0 Å². The van der Waals surface area contributed by atoms with Gasteiger partial charge in [-0.25, -0.2) is 0 Å². The smallest absolute Gasteiger partial charge is 0.119 e. The molecule has 0 atom stereocenters. The van der Waals surface area contributed by atoms with Crippen LogP contribution >= 0.6 is 22.6 Å². The van der Waals surface area contributed by atoms with Crippen molar-refractivity contribution < 1.29 is 4.74 Å². The number of ether oxygens (including phenoxy) is 1. The fraction of sp³-hybridized carbons (Fsp3) is 0.0769. The highest BCUT2D eigenvalue weighted by atomic mass is 127. The third kappa shape index (κ3) is 2.50. The van der Waals surface area contributed by atoms with E-state index in [1.807, 2.05) is 24.3 Å². The molecule has 0 amide bonds. The van der Waals surface area contributed by atoms with Gasteiger partial charge in [-0.1, -0.05) is 18.2 Å². The Labute approximate surface area is 103 Å². The van der Waals surface area contributed by atoms with Gasteiger partial charge in [-0.2, -0.15) is 0 Å². The van der Waals surface area contributed by atoms with Crippen molar-refractivity contribution >= 4 is 22.6 Å². The summed E-state index contributed by atoms with van der Waals surface area (Å²) in [4.78, 5) is 0. The fourth-order valence-corrected chi connectivity index (χ4v) is 1.72. The molecule has 2 aromatic carbocycles. The van der Waals surface area contributed by atoms with Crippen molar-refractivity contribution in [1.29, 1.82) is 0 Å². The van der Waals surface area contributed by atoms with Gasteiger partial charge in [0, 0.05) is 3.57 Å². The molecule has 0 N–H and O–H groups in total. The Bertz CT molecular complexity index is 448. The van der Waals surface area contributed by atoms with Crippen LogP contribution in [0.1, 0.15) is 0 Å².